The Morgan fingerprint density at radius 1 is 1.00 bits per heavy atom. The van der Waals surface area contributed by atoms with Crippen LogP contribution in [-0.2, 0) is 9.53 Å². The number of hydrogen-bond acceptors (Lipinski definition) is 3. The zero-order chi connectivity index (χ0) is 19.3. The van der Waals surface area contributed by atoms with Crippen LogP contribution in [0.15, 0.2) is 48.5 Å². The van der Waals surface area contributed by atoms with Crippen LogP contribution in [0.25, 0.3) is 0 Å². The van der Waals surface area contributed by atoms with E-state index in [1.165, 1.54) is 0 Å². The van der Waals surface area contributed by atoms with Gasteiger partial charge in [0, 0.05) is 5.69 Å². The zero-order valence-corrected chi connectivity index (χ0v) is 15.9. The first-order chi connectivity index (χ1) is 12.2. The zero-order valence-electron chi connectivity index (χ0n) is 15.9. The maximum absolute atomic E-state index is 12.9. The van der Waals surface area contributed by atoms with Crippen LogP contribution in [-0.4, -0.2) is 17.6 Å². The van der Waals surface area contributed by atoms with E-state index < -0.39 is 17.7 Å². The van der Waals surface area contributed by atoms with Crippen molar-refractivity contribution in [1.29, 1.82) is 0 Å². The molecule has 0 radical (unpaired) electrons. The van der Waals surface area contributed by atoms with Crippen LogP contribution in [0.5, 0.6) is 0 Å². The van der Waals surface area contributed by atoms with Crippen molar-refractivity contribution in [2.45, 2.75) is 46.3 Å². The van der Waals surface area contributed by atoms with Gasteiger partial charge in [0.15, 0.2) is 0 Å². The van der Waals surface area contributed by atoms with Crippen LogP contribution in [0.2, 0.25) is 0 Å². The monoisotopic (exact) mass is 354 g/mol. The highest BCUT2D eigenvalue weighted by Crippen LogP contribution is 2.20. The SMILES string of the molecule is Cc1ccc(C)c(NC(=O)C(NC(=O)OC(C)(C)C)c2ccccc2)c1. The number of rotatable bonds is 4. The van der Waals surface area contributed by atoms with Gasteiger partial charge in [0.25, 0.3) is 5.91 Å². The van der Waals surface area contributed by atoms with Crippen molar-refractivity contribution in [3.63, 3.8) is 0 Å². The molecule has 0 aliphatic heterocycles. The fourth-order valence-corrected chi connectivity index (χ4v) is 2.45. The minimum Gasteiger partial charge on any atom is -0.444 e. The Hall–Kier alpha value is -2.82. The lowest BCUT2D eigenvalue weighted by atomic mass is 10.1. The molecule has 5 nitrogen and oxygen atoms in total. The molecule has 5 heteroatoms. The van der Waals surface area contributed by atoms with Gasteiger partial charge in [-0.25, -0.2) is 4.79 Å². The number of nitrogens with one attached hydrogen (secondary N) is 2. The van der Waals surface area contributed by atoms with Gasteiger partial charge < -0.3 is 15.4 Å². The number of carbonyl (C=O) groups is 2. The van der Waals surface area contributed by atoms with Gasteiger partial charge in [-0.15, -0.1) is 0 Å². The molecule has 2 N–H and O–H groups in total. The Morgan fingerprint density at radius 2 is 1.65 bits per heavy atom. The number of carbonyl (C=O) groups excluding carboxylic acids is 2. The van der Waals surface area contributed by atoms with E-state index >= 15 is 0 Å². The predicted octanol–water partition coefficient (Wildman–Crippen LogP) is 4.51. The molecular formula is C21H26N2O3. The highest BCUT2D eigenvalue weighted by molar-refractivity contribution is 5.97. The van der Waals surface area contributed by atoms with Crippen molar-refractivity contribution in [2.75, 3.05) is 5.32 Å². The normalized spacial score (nSPS) is 12.2. The third-order valence-corrected chi connectivity index (χ3v) is 3.71. The first-order valence-electron chi connectivity index (χ1n) is 8.58. The molecule has 138 valence electrons. The Kier molecular flexibility index (Phi) is 6.03. The largest absolute Gasteiger partial charge is 0.444 e. The molecule has 0 bridgehead atoms. The quantitative estimate of drug-likeness (QED) is 0.849. The first kappa shape index (κ1) is 19.5. The van der Waals surface area contributed by atoms with Crippen LogP contribution >= 0.6 is 0 Å². The Labute approximate surface area is 154 Å². The van der Waals surface area contributed by atoms with E-state index in [-0.39, 0.29) is 5.91 Å². The van der Waals surface area contributed by atoms with Crippen LogP contribution in [0.3, 0.4) is 0 Å². The molecule has 0 heterocycles. The molecule has 2 aromatic rings. The molecule has 2 rings (SSSR count). The van der Waals surface area contributed by atoms with Crippen LogP contribution < -0.4 is 10.6 Å². The van der Waals surface area contributed by atoms with Gasteiger partial charge in [0.05, 0.1) is 0 Å². The van der Waals surface area contributed by atoms with E-state index in [1.54, 1.807) is 32.9 Å². The molecule has 1 atom stereocenters. The van der Waals surface area contributed by atoms with Gasteiger partial charge in [0.2, 0.25) is 0 Å². The molecule has 0 aliphatic rings. The number of hydrogen-bond donors (Lipinski definition) is 2. The highest BCUT2D eigenvalue weighted by Gasteiger charge is 2.26. The number of ether oxygens (including phenoxy) is 1. The van der Waals surface area contributed by atoms with Gasteiger partial charge in [0.1, 0.15) is 11.6 Å². The summed E-state index contributed by atoms with van der Waals surface area (Å²) in [6, 6.07) is 14.1. The summed E-state index contributed by atoms with van der Waals surface area (Å²) in [5, 5.41) is 5.58. The van der Waals surface area contributed by atoms with Gasteiger partial charge in [-0.1, -0.05) is 42.5 Å². The Bertz CT molecular complexity index is 780. The van der Waals surface area contributed by atoms with Crippen molar-refractivity contribution >= 4 is 17.7 Å². The van der Waals surface area contributed by atoms with E-state index in [0.717, 1.165) is 16.8 Å². The number of amides is 2. The molecular weight excluding hydrogens is 328 g/mol. The van der Waals surface area contributed by atoms with Crippen molar-refractivity contribution in [3.05, 3.63) is 65.2 Å². The average Bonchev–Trinajstić information content (AvgIpc) is 2.55. The Balaban J connectivity index is 2.24. The van der Waals surface area contributed by atoms with Crippen LogP contribution in [0.4, 0.5) is 10.5 Å². The van der Waals surface area contributed by atoms with Gasteiger partial charge >= 0.3 is 6.09 Å². The second-order valence-corrected chi connectivity index (χ2v) is 7.30. The summed E-state index contributed by atoms with van der Waals surface area (Å²) >= 11 is 0. The van der Waals surface area contributed by atoms with E-state index in [4.69, 9.17) is 4.74 Å². The molecule has 1 unspecified atom stereocenters. The lowest BCUT2D eigenvalue weighted by Gasteiger charge is -2.24. The minimum absolute atomic E-state index is 0.323. The highest BCUT2D eigenvalue weighted by atomic mass is 16.6. The molecule has 0 spiro atoms. The molecule has 2 aromatic carbocycles. The molecule has 26 heavy (non-hydrogen) atoms. The smallest absolute Gasteiger partial charge is 0.408 e. The number of aryl methyl sites for hydroxylation is 2. The minimum atomic E-state index is -0.856. The molecule has 0 saturated heterocycles. The van der Waals surface area contributed by atoms with E-state index in [1.807, 2.05) is 50.2 Å². The van der Waals surface area contributed by atoms with Crippen LogP contribution in [0, 0.1) is 13.8 Å². The number of benzene rings is 2. The van der Waals surface area contributed by atoms with Gasteiger partial charge in [-0.2, -0.15) is 0 Å². The maximum Gasteiger partial charge on any atom is 0.408 e. The summed E-state index contributed by atoms with van der Waals surface area (Å²) in [6.07, 6.45) is -0.637. The molecule has 2 amide bonds. The van der Waals surface area contributed by atoms with E-state index in [0.29, 0.717) is 5.56 Å². The molecule has 0 aliphatic carbocycles. The predicted molar refractivity (Wildman–Crippen MR) is 103 cm³/mol. The fourth-order valence-electron chi connectivity index (χ4n) is 2.45. The molecule has 0 aromatic heterocycles. The summed E-state index contributed by atoms with van der Waals surface area (Å²) in [5.41, 5.74) is 2.76. The fraction of sp³-hybridized carbons (Fsp3) is 0.333. The lowest BCUT2D eigenvalue weighted by Crippen LogP contribution is -2.40. The summed E-state index contributed by atoms with van der Waals surface area (Å²) in [4.78, 5) is 25.1. The maximum atomic E-state index is 12.9. The van der Waals surface area contributed by atoms with Gasteiger partial charge in [-0.05, 0) is 57.4 Å². The standard InChI is InChI=1S/C21H26N2O3/c1-14-11-12-15(2)17(13-14)22-19(24)18(16-9-7-6-8-10-16)23-20(25)26-21(3,4)5/h6-13,18H,1-5H3,(H,22,24)(H,23,25). The van der Waals surface area contributed by atoms with E-state index in [2.05, 4.69) is 10.6 Å². The summed E-state index contributed by atoms with van der Waals surface area (Å²) in [7, 11) is 0. The van der Waals surface area contributed by atoms with Crippen molar-refractivity contribution in [3.8, 4) is 0 Å². The van der Waals surface area contributed by atoms with Crippen molar-refractivity contribution < 1.29 is 14.3 Å². The summed E-state index contributed by atoms with van der Waals surface area (Å²) < 4.78 is 5.30. The number of anilines is 1. The molecule has 0 fully saturated rings. The Morgan fingerprint density at radius 3 is 2.27 bits per heavy atom. The van der Waals surface area contributed by atoms with Crippen LogP contribution in [0.1, 0.15) is 43.5 Å². The van der Waals surface area contributed by atoms with Gasteiger partial charge in [-0.3, -0.25) is 4.79 Å². The van der Waals surface area contributed by atoms with Crippen molar-refractivity contribution in [2.24, 2.45) is 0 Å². The van der Waals surface area contributed by atoms with E-state index in [9.17, 15) is 9.59 Å². The summed E-state index contributed by atoms with van der Waals surface area (Å²) in [5.74, 6) is -0.323. The van der Waals surface area contributed by atoms with Crippen molar-refractivity contribution in [1.82, 2.24) is 5.32 Å². The average molecular weight is 354 g/mol. The first-order valence-corrected chi connectivity index (χ1v) is 8.58. The third-order valence-electron chi connectivity index (χ3n) is 3.71. The second-order valence-electron chi connectivity index (χ2n) is 7.30. The molecule has 0 saturated carbocycles. The topological polar surface area (TPSA) is 67.4 Å². The lowest BCUT2D eigenvalue weighted by molar-refractivity contribution is -0.118. The third kappa shape index (κ3) is 5.62. The number of alkyl carbamates (subject to hydrolysis) is 1. The summed E-state index contributed by atoms with van der Waals surface area (Å²) in [6.45, 7) is 9.22. The second kappa shape index (κ2) is 8.04.